The summed E-state index contributed by atoms with van der Waals surface area (Å²) >= 11 is 5.90. The summed E-state index contributed by atoms with van der Waals surface area (Å²) in [6, 6.07) is 6.67. The van der Waals surface area contributed by atoms with Crippen LogP contribution >= 0.6 is 11.6 Å². The van der Waals surface area contributed by atoms with Gasteiger partial charge in [-0.1, -0.05) is 31.5 Å². The zero-order valence-electron chi connectivity index (χ0n) is 19.9. The minimum absolute atomic E-state index is 0.0867. The molecule has 178 valence electrons. The first-order valence-corrected chi connectivity index (χ1v) is 11.8. The van der Waals surface area contributed by atoms with E-state index in [-0.39, 0.29) is 22.4 Å². The molecule has 2 unspecified atom stereocenters. The van der Waals surface area contributed by atoms with Gasteiger partial charge in [0.05, 0.1) is 22.6 Å². The lowest BCUT2D eigenvalue weighted by Gasteiger charge is -2.26. The van der Waals surface area contributed by atoms with Crippen LogP contribution in [0.2, 0.25) is 5.15 Å². The summed E-state index contributed by atoms with van der Waals surface area (Å²) in [6.45, 7) is 10.3. The number of nitrogens with zero attached hydrogens (tertiary/aromatic N) is 4. The number of hydrogen-bond donors (Lipinski definition) is 2. The highest BCUT2D eigenvalue weighted by Crippen LogP contribution is 2.62. The second kappa shape index (κ2) is 7.70. The van der Waals surface area contributed by atoms with Gasteiger partial charge in [0.25, 0.3) is 5.56 Å². The molecule has 0 bridgehead atoms. The van der Waals surface area contributed by atoms with Gasteiger partial charge in [0, 0.05) is 25.7 Å². The monoisotopic (exact) mass is 481 g/mol. The zero-order valence-corrected chi connectivity index (χ0v) is 20.6. The molecule has 3 heterocycles. The molecule has 1 saturated carbocycles. The van der Waals surface area contributed by atoms with Gasteiger partial charge in [-0.15, -0.1) is 0 Å². The van der Waals surface area contributed by atoms with Gasteiger partial charge in [0.2, 0.25) is 5.95 Å². The number of piperidine rings is 1. The summed E-state index contributed by atoms with van der Waals surface area (Å²) in [5.41, 5.74) is 2.86. The summed E-state index contributed by atoms with van der Waals surface area (Å²) in [7, 11) is 1.78. The lowest BCUT2D eigenvalue weighted by atomic mass is 10.0. The molecule has 0 radical (unpaired) electrons. The van der Waals surface area contributed by atoms with Crippen LogP contribution in [0.1, 0.15) is 48.4 Å². The lowest BCUT2D eigenvalue weighted by molar-refractivity contribution is 0.0691. The highest BCUT2D eigenvalue weighted by Gasteiger charge is 2.62. The molecule has 1 aliphatic carbocycles. The van der Waals surface area contributed by atoms with Crippen molar-refractivity contribution in [3.05, 3.63) is 56.6 Å². The van der Waals surface area contributed by atoms with Gasteiger partial charge < -0.3 is 15.3 Å². The average molecular weight is 482 g/mol. The number of benzene rings is 1. The number of aryl methyl sites for hydroxylation is 1. The first-order chi connectivity index (χ1) is 16.0. The van der Waals surface area contributed by atoms with Crippen molar-refractivity contribution in [2.45, 2.75) is 33.7 Å². The van der Waals surface area contributed by atoms with E-state index in [9.17, 15) is 14.7 Å². The Morgan fingerprint density at radius 3 is 2.56 bits per heavy atom. The molecule has 2 aromatic heterocycles. The van der Waals surface area contributed by atoms with Crippen molar-refractivity contribution in [3.63, 3.8) is 0 Å². The third-order valence-electron chi connectivity index (χ3n) is 7.64. The third-order valence-corrected chi connectivity index (χ3v) is 7.85. The molecular weight excluding hydrogens is 454 g/mol. The minimum Gasteiger partial charge on any atom is -0.476 e. The Hall–Kier alpha value is -3.13. The van der Waals surface area contributed by atoms with Crippen LogP contribution in [0, 0.1) is 24.2 Å². The molecule has 9 heteroatoms. The number of fused-ring (bicyclic) bond motifs is 2. The molecule has 2 aliphatic rings. The minimum atomic E-state index is -1.17. The molecule has 0 spiro atoms. The van der Waals surface area contributed by atoms with Crippen molar-refractivity contribution in [3.8, 4) is 0 Å². The Labute approximate surface area is 202 Å². The van der Waals surface area contributed by atoms with Crippen LogP contribution in [0.5, 0.6) is 0 Å². The molecule has 1 aromatic carbocycles. The number of aromatic nitrogens is 3. The van der Waals surface area contributed by atoms with Gasteiger partial charge in [-0.25, -0.2) is 14.8 Å². The maximum absolute atomic E-state index is 13.4. The molecule has 34 heavy (non-hydrogen) atoms. The maximum atomic E-state index is 13.4. The first kappa shape index (κ1) is 22.7. The quantitative estimate of drug-likeness (QED) is 0.525. The van der Waals surface area contributed by atoms with E-state index >= 15 is 0 Å². The Balaban J connectivity index is 1.57. The number of nitrogens with one attached hydrogen (secondary N) is 1. The molecular formula is C25H28ClN5O3. The van der Waals surface area contributed by atoms with E-state index in [1.54, 1.807) is 23.7 Å². The topological polar surface area (TPSA) is 100 Å². The average Bonchev–Trinajstić information content (AvgIpc) is 3.11. The van der Waals surface area contributed by atoms with E-state index in [2.05, 4.69) is 29.0 Å². The van der Waals surface area contributed by atoms with Gasteiger partial charge in [0.1, 0.15) is 5.15 Å². The van der Waals surface area contributed by atoms with Crippen LogP contribution in [0.15, 0.2) is 29.1 Å². The zero-order chi connectivity index (χ0) is 24.5. The summed E-state index contributed by atoms with van der Waals surface area (Å²) in [6.07, 6.45) is 0. The highest BCUT2D eigenvalue weighted by molar-refractivity contribution is 6.29. The van der Waals surface area contributed by atoms with Crippen molar-refractivity contribution >= 4 is 40.1 Å². The number of carboxylic acid groups (broad SMARTS) is 1. The molecule has 0 amide bonds. The fourth-order valence-electron chi connectivity index (χ4n) is 5.48. The van der Waals surface area contributed by atoms with Gasteiger partial charge in [-0.05, 0) is 54.9 Å². The molecule has 8 nitrogen and oxygen atoms in total. The number of carboxylic acids is 1. The van der Waals surface area contributed by atoms with Crippen LogP contribution in [-0.4, -0.2) is 38.7 Å². The van der Waals surface area contributed by atoms with Crippen LogP contribution in [0.3, 0.4) is 0 Å². The number of hydrogen-bond acceptors (Lipinski definition) is 6. The largest absolute Gasteiger partial charge is 0.476 e. The van der Waals surface area contributed by atoms with E-state index in [1.807, 2.05) is 26.0 Å². The fraction of sp³-hybridized carbons (Fsp3) is 0.440. The van der Waals surface area contributed by atoms with Crippen LogP contribution in [-0.2, 0) is 7.05 Å². The molecule has 2 fully saturated rings. The predicted molar refractivity (Wildman–Crippen MR) is 133 cm³/mol. The summed E-state index contributed by atoms with van der Waals surface area (Å²) in [5.74, 6) is 0.767. The smallest absolute Gasteiger partial charge is 0.356 e. The molecule has 1 saturated heterocycles. The number of rotatable bonds is 5. The molecule has 3 atom stereocenters. The Morgan fingerprint density at radius 2 is 1.91 bits per heavy atom. The van der Waals surface area contributed by atoms with E-state index in [4.69, 9.17) is 16.6 Å². The van der Waals surface area contributed by atoms with E-state index in [0.29, 0.717) is 39.8 Å². The number of aromatic carboxylic acids is 1. The Kier molecular flexibility index (Phi) is 5.13. The van der Waals surface area contributed by atoms with Crippen molar-refractivity contribution < 1.29 is 9.90 Å². The summed E-state index contributed by atoms with van der Waals surface area (Å²) in [4.78, 5) is 36.2. The van der Waals surface area contributed by atoms with E-state index in [1.165, 1.54) is 0 Å². The van der Waals surface area contributed by atoms with Gasteiger partial charge in [0.15, 0.2) is 5.69 Å². The van der Waals surface area contributed by atoms with Crippen molar-refractivity contribution in [1.82, 2.24) is 14.5 Å². The standard InChI is InChI=1S/C25H28ClN5O3/c1-12-8-14(13(2)27-18-6-7-19(26)28-21(18)23(33)34)20-15(9-12)22(32)30(5)24(29-20)31-10-16-17(11-31)25(16,3)4/h6-9,13,16-17,27H,10-11H2,1-5H3,(H,33,34)/t13-,16?,17?/m1/s1. The first-order valence-electron chi connectivity index (χ1n) is 11.4. The summed E-state index contributed by atoms with van der Waals surface area (Å²) in [5, 5.41) is 13.4. The SMILES string of the molecule is Cc1cc([C@@H](C)Nc2ccc(Cl)nc2C(=O)O)c2nc(N3CC4C(C3)C4(C)C)n(C)c(=O)c2c1. The number of pyridine rings is 1. The van der Waals surface area contributed by atoms with Crippen molar-refractivity contribution in [1.29, 1.82) is 0 Å². The Bertz CT molecular complexity index is 1390. The number of anilines is 2. The van der Waals surface area contributed by atoms with Crippen LogP contribution in [0.25, 0.3) is 10.9 Å². The van der Waals surface area contributed by atoms with E-state index < -0.39 is 5.97 Å². The van der Waals surface area contributed by atoms with Crippen molar-refractivity contribution in [2.24, 2.45) is 24.3 Å². The number of carbonyl (C=O) groups is 1. The fourth-order valence-corrected chi connectivity index (χ4v) is 5.62. The summed E-state index contributed by atoms with van der Waals surface area (Å²) < 4.78 is 1.65. The Morgan fingerprint density at radius 1 is 1.24 bits per heavy atom. The second-order valence-corrected chi connectivity index (χ2v) is 10.6. The van der Waals surface area contributed by atoms with Gasteiger partial charge in [-0.3, -0.25) is 9.36 Å². The molecule has 3 aromatic rings. The molecule has 1 aliphatic heterocycles. The van der Waals surface area contributed by atoms with Gasteiger partial charge >= 0.3 is 5.97 Å². The van der Waals surface area contributed by atoms with Gasteiger partial charge in [-0.2, -0.15) is 0 Å². The maximum Gasteiger partial charge on any atom is 0.356 e. The van der Waals surface area contributed by atoms with Crippen LogP contribution in [0.4, 0.5) is 11.6 Å². The predicted octanol–water partition coefficient (Wildman–Crippen LogP) is 4.25. The third kappa shape index (κ3) is 3.52. The molecule has 5 rings (SSSR count). The van der Waals surface area contributed by atoms with E-state index in [0.717, 1.165) is 24.2 Å². The van der Waals surface area contributed by atoms with Crippen molar-refractivity contribution in [2.75, 3.05) is 23.3 Å². The second-order valence-electron chi connectivity index (χ2n) is 10.2. The van der Waals surface area contributed by atoms with Crippen LogP contribution < -0.4 is 15.8 Å². The normalized spacial score (nSPS) is 21.4. The highest BCUT2D eigenvalue weighted by atomic mass is 35.5. The lowest BCUT2D eigenvalue weighted by Crippen LogP contribution is -2.33. The molecule has 2 N–H and O–H groups in total. The number of halogens is 1.